The number of nitro groups is 1. The Morgan fingerprint density at radius 3 is 2.46 bits per heavy atom. The monoisotopic (exact) mass is 408 g/mol. The standard InChI is InChI=1S/C18H24N4O5S/c1-6-11(7-2)17-20-21-18(28-17)19-16(23)12-8-14(26-5)15(27-10(3)4)9-13(12)22(24)25/h8-11H,6-7H2,1-5H3,(H,19,21,23). The van der Waals surface area contributed by atoms with Gasteiger partial charge in [-0.25, -0.2) is 0 Å². The van der Waals surface area contributed by atoms with E-state index in [1.807, 2.05) is 0 Å². The summed E-state index contributed by atoms with van der Waals surface area (Å²) in [6.07, 6.45) is 1.62. The van der Waals surface area contributed by atoms with Crippen LogP contribution in [0.4, 0.5) is 10.8 Å². The summed E-state index contributed by atoms with van der Waals surface area (Å²) in [4.78, 5) is 23.5. The smallest absolute Gasteiger partial charge is 0.286 e. The van der Waals surface area contributed by atoms with Crippen molar-refractivity contribution in [3.05, 3.63) is 32.8 Å². The number of anilines is 1. The van der Waals surface area contributed by atoms with Gasteiger partial charge < -0.3 is 9.47 Å². The van der Waals surface area contributed by atoms with Gasteiger partial charge in [-0.15, -0.1) is 10.2 Å². The maximum Gasteiger partial charge on any atom is 0.286 e. The van der Waals surface area contributed by atoms with Crippen LogP contribution in [0.2, 0.25) is 0 Å². The molecule has 1 amide bonds. The predicted molar refractivity (Wildman–Crippen MR) is 107 cm³/mol. The first-order chi connectivity index (χ1) is 13.3. The zero-order valence-corrected chi connectivity index (χ0v) is 17.3. The number of hydrogen-bond donors (Lipinski definition) is 1. The lowest BCUT2D eigenvalue weighted by Gasteiger charge is -2.14. The number of methoxy groups -OCH3 is 1. The molecule has 0 fully saturated rings. The summed E-state index contributed by atoms with van der Waals surface area (Å²) in [6, 6.07) is 2.50. The van der Waals surface area contributed by atoms with Gasteiger partial charge in [0.1, 0.15) is 10.6 Å². The van der Waals surface area contributed by atoms with Crippen molar-refractivity contribution in [3.63, 3.8) is 0 Å². The molecule has 0 aliphatic heterocycles. The van der Waals surface area contributed by atoms with Gasteiger partial charge in [-0.2, -0.15) is 0 Å². The number of benzene rings is 1. The maximum absolute atomic E-state index is 12.7. The highest BCUT2D eigenvalue weighted by molar-refractivity contribution is 7.15. The molecule has 10 heteroatoms. The molecule has 0 atom stereocenters. The van der Waals surface area contributed by atoms with E-state index in [4.69, 9.17) is 9.47 Å². The van der Waals surface area contributed by atoms with Gasteiger partial charge in [-0.1, -0.05) is 25.2 Å². The summed E-state index contributed by atoms with van der Waals surface area (Å²) in [7, 11) is 1.41. The van der Waals surface area contributed by atoms with Crippen LogP contribution in [0.1, 0.15) is 61.8 Å². The van der Waals surface area contributed by atoms with Crippen LogP contribution >= 0.6 is 11.3 Å². The second kappa shape index (κ2) is 9.45. The Balaban J connectivity index is 2.35. The Kier molecular flexibility index (Phi) is 7.27. The van der Waals surface area contributed by atoms with Gasteiger partial charge in [-0.05, 0) is 26.7 Å². The van der Waals surface area contributed by atoms with Crippen LogP contribution in [0.5, 0.6) is 11.5 Å². The SMILES string of the molecule is CCC(CC)c1nnc(NC(=O)c2cc(OC)c(OC(C)C)cc2[N+](=O)[O-])s1. The largest absolute Gasteiger partial charge is 0.493 e. The number of carbonyl (C=O) groups excluding carboxylic acids is 1. The number of nitrogens with zero attached hydrogens (tertiary/aromatic N) is 3. The number of nitrogens with one attached hydrogen (secondary N) is 1. The van der Waals surface area contributed by atoms with E-state index in [2.05, 4.69) is 29.4 Å². The van der Waals surface area contributed by atoms with Gasteiger partial charge in [0.05, 0.1) is 24.2 Å². The van der Waals surface area contributed by atoms with Crippen LogP contribution in [-0.4, -0.2) is 34.2 Å². The zero-order valence-electron chi connectivity index (χ0n) is 16.5. The molecular weight excluding hydrogens is 384 g/mol. The summed E-state index contributed by atoms with van der Waals surface area (Å²) >= 11 is 1.27. The first kappa shape index (κ1) is 21.5. The topological polar surface area (TPSA) is 116 Å². The average Bonchev–Trinajstić information content (AvgIpc) is 3.10. The third-order valence-electron chi connectivity index (χ3n) is 4.08. The molecule has 0 aliphatic carbocycles. The van der Waals surface area contributed by atoms with E-state index in [1.165, 1.54) is 30.6 Å². The molecule has 1 aromatic carbocycles. The number of carbonyl (C=O) groups is 1. The lowest BCUT2D eigenvalue weighted by molar-refractivity contribution is -0.385. The van der Waals surface area contributed by atoms with Gasteiger partial charge >= 0.3 is 0 Å². The normalized spacial score (nSPS) is 11.0. The number of rotatable bonds is 9. The molecule has 9 nitrogen and oxygen atoms in total. The fraction of sp³-hybridized carbons (Fsp3) is 0.500. The predicted octanol–water partition coefficient (Wildman–Crippen LogP) is 4.40. The molecule has 152 valence electrons. The summed E-state index contributed by atoms with van der Waals surface area (Å²) < 4.78 is 10.8. The summed E-state index contributed by atoms with van der Waals surface area (Å²) in [5, 5.41) is 23.3. The minimum atomic E-state index is -0.659. The third-order valence-corrected chi connectivity index (χ3v) is 5.08. The molecule has 0 aliphatic rings. The van der Waals surface area contributed by atoms with Crippen molar-refractivity contribution in [3.8, 4) is 11.5 Å². The van der Waals surface area contributed by atoms with Crippen LogP contribution in [-0.2, 0) is 0 Å². The van der Waals surface area contributed by atoms with Crippen molar-refractivity contribution in [1.82, 2.24) is 10.2 Å². The average molecular weight is 408 g/mol. The minimum Gasteiger partial charge on any atom is -0.493 e. The Morgan fingerprint density at radius 2 is 1.93 bits per heavy atom. The molecule has 0 radical (unpaired) electrons. The quantitative estimate of drug-likeness (QED) is 0.483. The molecule has 2 rings (SSSR count). The van der Waals surface area contributed by atoms with Crippen LogP contribution in [0.25, 0.3) is 0 Å². The number of ether oxygens (including phenoxy) is 2. The zero-order chi connectivity index (χ0) is 20.8. The molecule has 0 unspecified atom stereocenters. The molecule has 1 aromatic heterocycles. The highest BCUT2D eigenvalue weighted by Crippen LogP contribution is 2.36. The Labute approximate surface area is 167 Å². The number of hydrogen-bond acceptors (Lipinski definition) is 8. The molecule has 28 heavy (non-hydrogen) atoms. The molecule has 0 saturated heterocycles. The van der Waals surface area contributed by atoms with Crippen molar-refractivity contribution in [1.29, 1.82) is 0 Å². The van der Waals surface area contributed by atoms with Gasteiger partial charge in [0.15, 0.2) is 11.5 Å². The third kappa shape index (κ3) is 4.94. The van der Waals surface area contributed by atoms with E-state index in [0.717, 1.165) is 17.8 Å². The second-order valence-corrected chi connectivity index (χ2v) is 7.37. The Bertz CT molecular complexity index is 848. The van der Waals surface area contributed by atoms with Gasteiger partial charge in [0.2, 0.25) is 5.13 Å². The molecule has 1 heterocycles. The van der Waals surface area contributed by atoms with E-state index >= 15 is 0 Å². The Hall–Kier alpha value is -2.75. The van der Waals surface area contributed by atoms with Gasteiger partial charge in [0.25, 0.3) is 11.6 Å². The molecule has 2 aromatic rings. The first-order valence-electron chi connectivity index (χ1n) is 8.98. The van der Waals surface area contributed by atoms with E-state index < -0.39 is 10.8 Å². The number of aromatic nitrogens is 2. The summed E-state index contributed by atoms with van der Waals surface area (Å²) in [5.74, 6) is 0.0468. The lowest BCUT2D eigenvalue weighted by atomic mass is 10.1. The van der Waals surface area contributed by atoms with Crippen molar-refractivity contribution in [2.75, 3.05) is 12.4 Å². The van der Waals surface area contributed by atoms with E-state index in [-0.39, 0.29) is 34.8 Å². The highest BCUT2D eigenvalue weighted by atomic mass is 32.1. The van der Waals surface area contributed by atoms with Crippen LogP contribution in [0.3, 0.4) is 0 Å². The molecule has 0 saturated carbocycles. The minimum absolute atomic E-state index is 0.141. The van der Waals surface area contributed by atoms with Gasteiger partial charge in [-0.3, -0.25) is 20.2 Å². The number of nitro benzene ring substituents is 1. The molecule has 1 N–H and O–H groups in total. The second-order valence-electron chi connectivity index (χ2n) is 6.36. The maximum atomic E-state index is 12.7. The molecular formula is C18H24N4O5S. The fourth-order valence-electron chi connectivity index (χ4n) is 2.64. The van der Waals surface area contributed by atoms with Crippen molar-refractivity contribution < 1.29 is 19.2 Å². The van der Waals surface area contributed by atoms with Crippen LogP contribution < -0.4 is 14.8 Å². The van der Waals surface area contributed by atoms with E-state index in [9.17, 15) is 14.9 Å². The van der Waals surface area contributed by atoms with Crippen molar-refractivity contribution >= 4 is 28.1 Å². The molecule has 0 spiro atoms. The first-order valence-corrected chi connectivity index (χ1v) is 9.80. The van der Waals surface area contributed by atoms with Crippen LogP contribution in [0, 0.1) is 10.1 Å². The van der Waals surface area contributed by atoms with Gasteiger partial charge in [0, 0.05) is 12.0 Å². The summed E-state index contributed by atoms with van der Waals surface area (Å²) in [6.45, 7) is 7.70. The highest BCUT2D eigenvalue weighted by Gasteiger charge is 2.26. The lowest BCUT2D eigenvalue weighted by Crippen LogP contribution is -2.15. The van der Waals surface area contributed by atoms with E-state index in [1.54, 1.807) is 13.8 Å². The van der Waals surface area contributed by atoms with Crippen LogP contribution in [0.15, 0.2) is 12.1 Å². The van der Waals surface area contributed by atoms with Crippen molar-refractivity contribution in [2.24, 2.45) is 0 Å². The molecule has 0 bridgehead atoms. The summed E-state index contributed by atoms with van der Waals surface area (Å²) in [5.41, 5.74) is -0.518. The van der Waals surface area contributed by atoms with Crippen molar-refractivity contribution in [2.45, 2.75) is 52.6 Å². The Morgan fingerprint density at radius 1 is 1.25 bits per heavy atom. The fourth-order valence-corrected chi connectivity index (χ4v) is 3.65. The van der Waals surface area contributed by atoms with E-state index in [0.29, 0.717) is 5.13 Å². The number of amides is 1.